The molecule has 1 saturated heterocycles. The van der Waals surface area contributed by atoms with E-state index in [0.29, 0.717) is 25.8 Å². The zero-order valence-corrected chi connectivity index (χ0v) is 12.5. The molecule has 1 aliphatic rings. The molecule has 2 N–H and O–H groups in total. The summed E-state index contributed by atoms with van der Waals surface area (Å²) in [5.74, 6) is -0.662. The average molecular weight is 279 g/mol. The van der Waals surface area contributed by atoms with Gasteiger partial charge in [-0.2, -0.15) is 5.26 Å². The van der Waals surface area contributed by atoms with Crippen molar-refractivity contribution in [3.8, 4) is 6.07 Å². The summed E-state index contributed by atoms with van der Waals surface area (Å²) in [6.45, 7) is 4.47. The Balaban J connectivity index is 3.03. The van der Waals surface area contributed by atoms with Gasteiger partial charge < -0.3 is 10.6 Å². The molecule has 0 aromatic rings. The number of carbonyl (C=O) groups is 2. The van der Waals surface area contributed by atoms with Crippen molar-refractivity contribution in [2.45, 2.75) is 64.8 Å². The maximum atomic E-state index is 12.8. The van der Waals surface area contributed by atoms with Crippen molar-refractivity contribution in [3.63, 3.8) is 0 Å². The number of nitrogens with zero attached hydrogens (tertiary/aromatic N) is 2. The van der Waals surface area contributed by atoms with Gasteiger partial charge in [0.25, 0.3) is 0 Å². The van der Waals surface area contributed by atoms with Crippen LogP contribution in [0.2, 0.25) is 0 Å². The highest BCUT2D eigenvalue weighted by Crippen LogP contribution is 2.34. The Morgan fingerprint density at radius 3 is 2.35 bits per heavy atom. The topological polar surface area (TPSA) is 87.2 Å². The first-order chi connectivity index (χ1) is 9.52. The molecule has 1 aliphatic heterocycles. The van der Waals surface area contributed by atoms with Crippen molar-refractivity contribution in [1.29, 1.82) is 5.26 Å². The Bertz CT molecular complexity index is 394. The first kappa shape index (κ1) is 16.5. The highest BCUT2D eigenvalue weighted by atomic mass is 16.2. The van der Waals surface area contributed by atoms with E-state index in [9.17, 15) is 14.9 Å². The van der Waals surface area contributed by atoms with Gasteiger partial charge in [0, 0.05) is 6.54 Å². The highest BCUT2D eigenvalue weighted by Gasteiger charge is 2.43. The van der Waals surface area contributed by atoms with E-state index in [0.717, 1.165) is 25.7 Å². The first-order valence-corrected chi connectivity index (χ1v) is 7.54. The van der Waals surface area contributed by atoms with E-state index in [1.54, 1.807) is 4.90 Å². The molecule has 0 spiro atoms. The van der Waals surface area contributed by atoms with E-state index >= 15 is 0 Å². The lowest BCUT2D eigenvalue weighted by atomic mass is 9.78. The number of carbonyl (C=O) groups excluding carboxylic acids is 2. The van der Waals surface area contributed by atoms with Gasteiger partial charge in [-0.1, -0.05) is 26.7 Å². The fourth-order valence-electron chi connectivity index (χ4n) is 3.10. The second-order valence-electron chi connectivity index (χ2n) is 5.61. The summed E-state index contributed by atoms with van der Waals surface area (Å²) < 4.78 is 0. The minimum Gasteiger partial charge on any atom is -0.368 e. The molecule has 0 aromatic heterocycles. The van der Waals surface area contributed by atoms with Crippen LogP contribution in [0.5, 0.6) is 0 Å². The van der Waals surface area contributed by atoms with Gasteiger partial charge in [-0.3, -0.25) is 9.59 Å². The Labute approximate surface area is 121 Å². The van der Waals surface area contributed by atoms with Crippen molar-refractivity contribution in [2.75, 3.05) is 6.54 Å². The molecule has 0 radical (unpaired) electrons. The summed E-state index contributed by atoms with van der Waals surface area (Å²) in [6, 6.07) is 1.69. The summed E-state index contributed by atoms with van der Waals surface area (Å²) in [5, 5.41) is 9.55. The van der Waals surface area contributed by atoms with Gasteiger partial charge in [-0.25, -0.2) is 0 Å². The van der Waals surface area contributed by atoms with Crippen LogP contribution < -0.4 is 5.73 Å². The molecular weight excluding hydrogens is 254 g/mol. The van der Waals surface area contributed by atoms with Crippen LogP contribution in [0.15, 0.2) is 0 Å². The Kier molecular flexibility index (Phi) is 6.00. The number of amides is 2. The van der Waals surface area contributed by atoms with Crippen molar-refractivity contribution >= 4 is 11.8 Å². The molecule has 5 nitrogen and oxygen atoms in total. The predicted molar refractivity (Wildman–Crippen MR) is 76.4 cm³/mol. The molecule has 1 unspecified atom stereocenters. The molecule has 0 aromatic carbocycles. The standard InChI is InChI=1S/C15H25N3O2/c1-3-8-15(11-16,9-4-2)14(20)18-10-6-5-7-12(18)13(17)19/h12H,3-10H2,1-2H3,(H2,17,19). The van der Waals surface area contributed by atoms with Crippen molar-refractivity contribution < 1.29 is 9.59 Å². The van der Waals surface area contributed by atoms with E-state index in [1.807, 2.05) is 13.8 Å². The molecule has 0 aliphatic carbocycles. The molecule has 112 valence electrons. The quantitative estimate of drug-likeness (QED) is 0.806. The summed E-state index contributed by atoms with van der Waals surface area (Å²) in [5.41, 5.74) is 4.42. The maximum Gasteiger partial charge on any atom is 0.243 e. The molecule has 20 heavy (non-hydrogen) atoms. The molecule has 5 heteroatoms. The van der Waals surface area contributed by atoms with Gasteiger partial charge in [-0.15, -0.1) is 0 Å². The summed E-state index contributed by atoms with van der Waals surface area (Å²) >= 11 is 0. The molecule has 1 atom stereocenters. The average Bonchev–Trinajstić information content (AvgIpc) is 2.46. The number of hydrogen-bond acceptors (Lipinski definition) is 3. The van der Waals surface area contributed by atoms with Crippen molar-refractivity contribution in [1.82, 2.24) is 4.90 Å². The van der Waals surface area contributed by atoms with Crippen LogP contribution in [-0.4, -0.2) is 29.3 Å². The van der Waals surface area contributed by atoms with Crippen LogP contribution in [0.3, 0.4) is 0 Å². The third kappa shape index (κ3) is 3.30. The second kappa shape index (κ2) is 7.28. The third-order valence-electron chi connectivity index (χ3n) is 4.07. The number of nitrogens with two attached hydrogens (primary N) is 1. The van der Waals surface area contributed by atoms with Gasteiger partial charge >= 0.3 is 0 Å². The van der Waals surface area contributed by atoms with Crippen LogP contribution in [0.25, 0.3) is 0 Å². The zero-order chi connectivity index (χ0) is 15.2. The van der Waals surface area contributed by atoms with Gasteiger partial charge in [0.05, 0.1) is 6.07 Å². The fourth-order valence-corrected chi connectivity index (χ4v) is 3.10. The van der Waals surface area contributed by atoms with Crippen LogP contribution in [0.4, 0.5) is 0 Å². The van der Waals surface area contributed by atoms with Crippen molar-refractivity contribution in [3.05, 3.63) is 0 Å². The molecule has 0 saturated carbocycles. The second-order valence-corrected chi connectivity index (χ2v) is 5.61. The minimum atomic E-state index is -0.992. The predicted octanol–water partition coefficient (Wildman–Crippen LogP) is 1.96. The SMILES string of the molecule is CCCC(C#N)(CCC)C(=O)N1CCCCC1C(N)=O. The molecule has 1 rings (SSSR count). The van der Waals surface area contributed by atoms with E-state index in [1.165, 1.54) is 0 Å². The largest absolute Gasteiger partial charge is 0.368 e. The normalized spacial score (nSPS) is 19.4. The van der Waals surface area contributed by atoms with Gasteiger partial charge in [0.1, 0.15) is 11.5 Å². The molecule has 2 amide bonds. The Hall–Kier alpha value is -1.57. The Morgan fingerprint density at radius 2 is 1.90 bits per heavy atom. The van der Waals surface area contributed by atoms with Crippen LogP contribution in [0, 0.1) is 16.7 Å². The lowest BCUT2D eigenvalue weighted by Gasteiger charge is -2.38. The number of nitriles is 1. The molecule has 0 bridgehead atoms. The number of likely N-dealkylation sites (tertiary alicyclic amines) is 1. The number of primary amides is 1. The summed E-state index contributed by atoms with van der Waals surface area (Å²) in [6.07, 6.45) is 5.01. The van der Waals surface area contributed by atoms with Crippen molar-refractivity contribution in [2.24, 2.45) is 11.1 Å². The minimum absolute atomic E-state index is 0.202. The van der Waals surface area contributed by atoms with Crippen LogP contribution in [0.1, 0.15) is 58.8 Å². The highest BCUT2D eigenvalue weighted by molar-refractivity contribution is 5.91. The number of piperidine rings is 1. The maximum absolute atomic E-state index is 12.8. The number of hydrogen-bond donors (Lipinski definition) is 1. The van der Waals surface area contributed by atoms with E-state index in [-0.39, 0.29) is 5.91 Å². The summed E-state index contributed by atoms with van der Waals surface area (Å²) in [7, 11) is 0. The molecule has 1 fully saturated rings. The fraction of sp³-hybridized carbons (Fsp3) is 0.800. The third-order valence-corrected chi connectivity index (χ3v) is 4.07. The van der Waals surface area contributed by atoms with Gasteiger partial charge in [0.15, 0.2) is 0 Å². The Morgan fingerprint density at radius 1 is 1.30 bits per heavy atom. The van der Waals surface area contributed by atoms with E-state index in [2.05, 4.69) is 6.07 Å². The number of rotatable bonds is 6. The first-order valence-electron chi connectivity index (χ1n) is 7.54. The van der Waals surface area contributed by atoms with E-state index < -0.39 is 17.4 Å². The monoisotopic (exact) mass is 279 g/mol. The van der Waals surface area contributed by atoms with E-state index in [4.69, 9.17) is 5.73 Å². The lowest BCUT2D eigenvalue weighted by molar-refractivity contribution is -0.148. The zero-order valence-electron chi connectivity index (χ0n) is 12.5. The van der Waals surface area contributed by atoms with Crippen LogP contribution >= 0.6 is 0 Å². The molecular formula is C15H25N3O2. The van der Waals surface area contributed by atoms with Crippen LogP contribution in [-0.2, 0) is 9.59 Å². The smallest absolute Gasteiger partial charge is 0.243 e. The van der Waals surface area contributed by atoms with Gasteiger partial charge in [0.2, 0.25) is 11.8 Å². The van der Waals surface area contributed by atoms with Gasteiger partial charge in [-0.05, 0) is 32.1 Å². The molecule has 1 heterocycles. The summed E-state index contributed by atoms with van der Waals surface area (Å²) in [4.78, 5) is 25.9. The lowest BCUT2D eigenvalue weighted by Crippen LogP contribution is -2.55.